The number of nitrogens with one attached hydrogen (secondary N) is 1. The molecule has 0 saturated heterocycles. The van der Waals surface area contributed by atoms with Gasteiger partial charge in [0.2, 0.25) is 0 Å². The fourth-order valence-electron chi connectivity index (χ4n) is 3.95. The Hall–Kier alpha value is -3.60. The maximum absolute atomic E-state index is 12.7. The number of pyridine rings is 1. The molecule has 1 N–H and O–H groups in total. The van der Waals surface area contributed by atoms with Gasteiger partial charge in [0, 0.05) is 42.6 Å². The molecule has 1 aromatic carbocycles. The molecule has 2 aromatic heterocycles. The lowest BCUT2D eigenvalue weighted by Crippen LogP contribution is -2.39. The van der Waals surface area contributed by atoms with E-state index in [0.29, 0.717) is 21.9 Å². The Kier molecular flexibility index (Phi) is 5.27. The Morgan fingerprint density at radius 2 is 2.10 bits per heavy atom. The molecular formula is C22H23N5O3. The van der Waals surface area contributed by atoms with Crippen LogP contribution in [0.5, 0.6) is 5.75 Å². The number of hydrogen-bond acceptors (Lipinski definition) is 5. The molecule has 0 radical (unpaired) electrons. The minimum Gasteiger partial charge on any atom is -0.618 e. The predicted molar refractivity (Wildman–Crippen MR) is 111 cm³/mol. The normalized spacial score (nSPS) is 18.7. The molecule has 8 heteroatoms. The summed E-state index contributed by atoms with van der Waals surface area (Å²) in [5.74, 6) is 0.103. The molecule has 8 nitrogen and oxygen atoms in total. The second-order valence-electron chi connectivity index (χ2n) is 7.66. The number of anilines is 1. The third-order valence-corrected chi connectivity index (χ3v) is 5.71. The van der Waals surface area contributed by atoms with E-state index < -0.39 is 5.91 Å². The van der Waals surface area contributed by atoms with E-state index in [2.05, 4.69) is 16.5 Å². The highest BCUT2D eigenvalue weighted by molar-refractivity contribution is 6.04. The van der Waals surface area contributed by atoms with Crippen LogP contribution in [0.2, 0.25) is 0 Å². The zero-order valence-electron chi connectivity index (χ0n) is 17.0. The fraction of sp³-hybridized carbons (Fsp3) is 0.364. The topological polar surface area (TPSA) is 107 Å². The maximum Gasteiger partial charge on any atom is 0.321 e. The van der Waals surface area contributed by atoms with E-state index in [-0.39, 0.29) is 17.7 Å². The number of nitrogens with zero attached hydrogens (tertiary/aromatic N) is 4. The van der Waals surface area contributed by atoms with E-state index in [1.54, 1.807) is 31.2 Å². The molecule has 30 heavy (non-hydrogen) atoms. The number of aromatic nitrogens is 3. The van der Waals surface area contributed by atoms with Crippen molar-refractivity contribution >= 4 is 22.5 Å². The van der Waals surface area contributed by atoms with Crippen LogP contribution < -0.4 is 14.8 Å². The van der Waals surface area contributed by atoms with E-state index in [0.717, 1.165) is 36.6 Å². The van der Waals surface area contributed by atoms with Crippen molar-refractivity contribution in [3.05, 3.63) is 53.1 Å². The number of carbonyl (C=O) groups is 1. The first-order valence-corrected chi connectivity index (χ1v) is 9.97. The van der Waals surface area contributed by atoms with Gasteiger partial charge in [-0.05, 0) is 37.8 Å². The number of amides is 1. The molecule has 0 unspecified atom stereocenters. The van der Waals surface area contributed by atoms with Gasteiger partial charge < -0.3 is 15.3 Å². The first kappa shape index (κ1) is 19.7. The number of carbonyl (C=O) groups excluding carboxylic acids is 1. The molecule has 1 amide bonds. The average Bonchev–Trinajstić information content (AvgIpc) is 3.18. The zero-order chi connectivity index (χ0) is 21.3. The van der Waals surface area contributed by atoms with Crippen molar-refractivity contribution in [1.82, 2.24) is 9.78 Å². The first-order valence-electron chi connectivity index (χ1n) is 9.97. The molecular weight excluding hydrogens is 382 g/mol. The smallest absolute Gasteiger partial charge is 0.321 e. The number of methoxy groups -OCH3 is 1. The summed E-state index contributed by atoms with van der Waals surface area (Å²) in [6, 6.07) is 11.0. The van der Waals surface area contributed by atoms with Crippen LogP contribution in [0, 0.1) is 29.4 Å². The summed E-state index contributed by atoms with van der Waals surface area (Å²) in [5.41, 5.74) is 1.70. The number of aryl methyl sites for hydroxylation is 1. The van der Waals surface area contributed by atoms with Gasteiger partial charge >= 0.3 is 5.91 Å². The van der Waals surface area contributed by atoms with Gasteiger partial charge in [-0.2, -0.15) is 15.1 Å². The Morgan fingerprint density at radius 1 is 1.33 bits per heavy atom. The maximum atomic E-state index is 12.7. The Bertz CT molecular complexity index is 1140. The number of rotatable bonds is 4. The van der Waals surface area contributed by atoms with Crippen molar-refractivity contribution in [2.45, 2.75) is 38.6 Å². The highest BCUT2D eigenvalue weighted by Crippen LogP contribution is 2.34. The fourth-order valence-corrected chi connectivity index (χ4v) is 3.95. The number of hydrogen-bond donors (Lipinski definition) is 1. The van der Waals surface area contributed by atoms with Gasteiger partial charge in [-0.25, -0.2) is 0 Å². The molecule has 0 aliphatic heterocycles. The van der Waals surface area contributed by atoms with Crippen LogP contribution in [0.25, 0.3) is 10.9 Å². The highest BCUT2D eigenvalue weighted by Gasteiger charge is 2.24. The summed E-state index contributed by atoms with van der Waals surface area (Å²) >= 11 is 0. The standard InChI is InChI=1S/C22H23N5O3/c1-14-4-3-5-20(27(14)29)22(28)24-19-10-16-13-26(25-18(16)11-21(19)30-2)17-8-6-15(12-23)7-9-17/h3-5,10-11,13,15,17H,6-9H2,1-2H3,(H,24,28)/t15-,17-. The van der Waals surface area contributed by atoms with Crippen molar-refractivity contribution in [2.24, 2.45) is 5.92 Å². The lowest BCUT2D eigenvalue weighted by Gasteiger charge is -2.24. The van der Waals surface area contributed by atoms with Gasteiger partial charge in [0.1, 0.15) is 5.75 Å². The van der Waals surface area contributed by atoms with Gasteiger partial charge in [0.15, 0.2) is 5.69 Å². The van der Waals surface area contributed by atoms with Gasteiger partial charge in [0.05, 0.1) is 30.4 Å². The number of fused-ring (bicyclic) bond motifs is 1. The van der Waals surface area contributed by atoms with Gasteiger partial charge in [0.25, 0.3) is 5.69 Å². The molecule has 1 fully saturated rings. The van der Waals surface area contributed by atoms with Crippen LogP contribution in [0.1, 0.15) is 47.9 Å². The summed E-state index contributed by atoms with van der Waals surface area (Å²) in [7, 11) is 1.53. The van der Waals surface area contributed by atoms with Crippen molar-refractivity contribution in [1.29, 1.82) is 5.26 Å². The Morgan fingerprint density at radius 3 is 2.80 bits per heavy atom. The van der Waals surface area contributed by atoms with Crippen molar-refractivity contribution in [3.63, 3.8) is 0 Å². The van der Waals surface area contributed by atoms with Crippen LogP contribution in [0.4, 0.5) is 5.69 Å². The summed E-state index contributed by atoms with van der Waals surface area (Å²) in [5, 5.41) is 29.6. The average molecular weight is 405 g/mol. The lowest BCUT2D eigenvalue weighted by atomic mass is 9.87. The summed E-state index contributed by atoms with van der Waals surface area (Å²) < 4.78 is 8.00. The predicted octanol–water partition coefficient (Wildman–Crippen LogP) is 3.49. The Labute approximate surface area is 174 Å². The zero-order valence-corrected chi connectivity index (χ0v) is 17.0. The van der Waals surface area contributed by atoms with Gasteiger partial charge in [-0.15, -0.1) is 0 Å². The second-order valence-corrected chi connectivity index (χ2v) is 7.66. The molecule has 3 aromatic rings. The minimum absolute atomic E-state index is 0.0158. The summed E-state index contributed by atoms with van der Waals surface area (Å²) in [6.45, 7) is 1.65. The first-order chi connectivity index (χ1) is 14.5. The highest BCUT2D eigenvalue weighted by atomic mass is 16.5. The van der Waals surface area contributed by atoms with Gasteiger partial charge in [-0.1, -0.05) is 0 Å². The quantitative estimate of drug-likeness (QED) is 0.528. The van der Waals surface area contributed by atoms with Crippen molar-refractivity contribution in [3.8, 4) is 11.8 Å². The van der Waals surface area contributed by atoms with E-state index in [9.17, 15) is 10.0 Å². The SMILES string of the molecule is COc1cc2nn([C@H]3CC[C@H](C#N)CC3)cc2cc1NC(=O)c1cccc(C)[n+]1[O-]. The summed E-state index contributed by atoms with van der Waals surface area (Å²) in [4.78, 5) is 12.7. The van der Waals surface area contributed by atoms with Crippen LogP contribution >= 0.6 is 0 Å². The summed E-state index contributed by atoms with van der Waals surface area (Å²) in [6.07, 6.45) is 5.57. The molecule has 0 spiro atoms. The third kappa shape index (κ3) is 3.66. The van der Waals surface area contributed by atoms with Gasteiger partial charge in [-0.3, -0.25) is 9.48 Å². The van der Waals surface area contributed by atoms with E-state index >= 15 is 0 Å². The van der Waals surface area contributed by atoms with Crippen LogP contribution in [-0.2, 0) is 0 Å². The molecule has 154 valence electrons. The molecule has 1 aliphatic carbocycles. The van der Waals surface area contributed by atoms with Crippen LogP contribution in [-0.4, -0.2) is 22.8 Å². The molecule has 4 rings (SSSR count). The Balaban J connectivity index is 1.61. The number of benzene rings is 1. The second kappa shape index (κ2) is 8.03. The van der Waals surface area contributed by atoms with E-state index in [1.165, 1.54) is 13.2 Å². The van der Waals surface area contributed by atoms with Crippen molar-refractivity contribution in [2.75, 3.05) is 12.4 Å². The van der Waals surface area contributed by atoms with Crippen LogP contribution in [0.3, 0.4) is 0 Å². The molecule has 1 saturated carbocycles. The van der Waals surface area contributed by atoms with E-state index in [4.69, 9.17) is 10.00 Å². The van der Waals surface area contributed by atoms with E-state index in [1.807, 2.05) is 10.9 Å². The number of ether oxygens (including phenoxy) is 1. The third-order valence-electron chi connectivity index (χ3n) is 5.71. The monoisotopic (exact) mass is 405 g/mol. The van der Waals surface area contributed by atoms with Crippen LogP contribution in [0.15, 0.2) is 36.5 Å². The minimum atomic E-state index is -0.506. The molecule has 1 aliphatic rings. The lowest BCUT2D eigenvalue weighted by molar-refractivity contribution is -0.614. The molecule has 2 heterocycles. The molecule has 0 atom stereocenters. The molecule has 0 bridgehead atoms. The number of nitriles is 1. The largest absolute Gasteiger partial charge is 0.618 e. The van der Waals surface area contributed by atoms with Crippen molar-refractivity contribution < 1.29 is 14.3 Å².